The molecule has 0 aliphatic heterocycles. The number of hydrogen-bond donors (Lipinski definition) is 0. The lowest BCUT2D eigenvalue weighted by molar-refractivity contribution is -0.149. The minimum absolute atomic E-state index is 0.0771. The fraction of sp³-hybridized carbons (Fsp3) is 0.600. The second-order valence-corrected chi connectivity index (χ2v) is 4.74. The van der Waals surface area contributed by atoms with Gasteiger partial charge >= 0.3 is 12.1 Å². The summed E-state index contributed by atoms with van der Waals surface area (Å²) in [4.78, 5) is 15.0. The van der Waals surface area contributed by atoms with Gasteiger partial charge in [-0.2, -0.15) is 13.2 Å². The quantitative estimate of drug-likeness (QED) is 0.790. The second kappa shape index (κ2) is 4.64. The van der Waals surface area contributed by atoms with Gasteiger partial charge < -0.3 is 4.74 Å². The van der Waals surface area contributed by atoms with Crippen LogP contribution in [0.3, 0.4) is 0 Å². The van der Waals surface area contributed by atoms with E-state index in [0.717, 1.165) is 0 Å². The van der Waals surface area contributed by atoms with Gasteiger partial charge in [-0.15, -0.1) is 11.3 Å². The van der Waals surface area contributed by atoms with E-state index >= 15 is 0 Å². The van der Waals surface area contributed by atoms with Gasteiger partial charge in [0, 0.05) is 5.38 Å². The zero-order chi connectivity index (χ0) is 13.3. The molecule has 1 aromatic rings. The van der Waals surface area contributed by atoms with Crippen LogP contribution in [0.2, 0.25) is 0 Å². The lowest BCUT2D eigenvalue weighted by atomic mass is 9.90. The fourth-order valence-electron chi connectivity index (χ4n) is 1.11. The first-order valence-electron chi connectivity index (χ1n) is 4.90. The molecule has 1 rings (SSSR count). The Bertz CT molecular complexity index is 412. The molecule has 0 spiro atoms. The predicted octanol–water partition coefficient (Wildman–Crippen LogP) is 3.00. The zero-order valence-electron chi connectivity index (χ0n) is 9.59. The van der Waals surface area contributed by atoms with E-state index in [0.29, 0.717) is 11.3 Å². The number of carbonyl (C=O) groups excluding carboxylic acids is 1. The van der Waals surface area contributed by atoms with Crippen LogP contribution in [0.1, 0.15) is 31.5 Å². The van der Waals surface area contributed by atoms with Crippen LogP contribution in [0.5, 0.6) is 0 Å². The Hall–Kier alpha value is -1.11. The van der Waals surface area contributed by atoms with E-state index in [-0.39, 0.29) is 12.3 Å². The predicted molar refractivity (Wildman–Crippen MR) is 56.8 cm³/mol. The molecule has 1 heterocycles. The number of halogens is 3. The summed E-state index contributed by atoms with van der Waals surface area (Å²) in [6, 6.07) is 0. The van der Waals surface area contributed by atoms with E-state index in [1.807, 2.05) is 0 Å². The molecule has 0 aromatic carbocycles. The fourth-order valence-corrected chi connectivity index (χ4v) is 1.96. The van der Waals surface area contributed by atoms with E-state index in [9.17, 15) is 18.0 Å². The largest absolute Gasteiger partial charge is 0.465 e. The number of hydrogen-bond acceptors (Lipinski definition) is 4. The third kappa shape index (κ3) is 2.96. The highest BCUT2D eigenvalue weighted by molar-refractivity contribution is 7.09. The summed E-state index contributed by atoms with van der Waals surface area (Å²) < 4.78 is 41.9. The van der Waals surface area contributed by atoms with Gasteiger partial charge in [0.2, 0.25) is 0 Å². The van der Waals surface area contributed by atoms with Crippen molar-refractivity contribution in [3.8, 4) is 0 Å². The van der Waals surface area contributed by atoms with Crippen LogP contribution in [0.4, 0.5) is 13.2 Å². The molecule has 0 amide bonds. The average Bonchev–Trinajstić information content (AvgIpc) is 2.66. The van der Waals surface area contributed by atoms with E-state index in [1.54, 1.807) is 6.92 Å². The van der Waals surface area contributed by atoms with Crippen molar-refractivity contribution in [2.45, 2.75) is 32.4 Å². The molecule has 0 aliphatic rings. The van der Waals surface area contributed by atoms with Gasteiger partial charge in [-0.25, -0.2) is 4.98 Å². The molecule has 1 aromatic heterocycles. The van der Waals surface area contributed by atoms with Crippen molar-refractivity contribution in [2.75, 3.05) is 6.61 Å². The number of nitrogens with zero attached hydrogens (tertiary/aromatic N) is 1. The molecule has 0 bridgehead atoms. The Labute approximate surface area is 101 Å². The van der Waals surface area contributed by atoms with Crippen molar-refractivity contribution < 1.29 is 22.7 Å². The minimum atomic E-state index is -4.48. The summed E-state index contributed by atoms with van der Waals surface area (Å²) in [5.41, 5.74) is -1.09. The summed E-state index contributed by atoms with van der Waals surface area (Å²) in [6.07, 6.45) is -4.48. The van der Waals surface area contributed by atoms with Gasteiger partial charge in [-0.05, 0) is 20.8 Å². The number of aromatic nitrogens is 1. The number of thiazole rings is 1. The maximum absolute atomic E-state index is 12.4. The van der Waals surface area contributed by atoms with Crippen LogP contribution < -0.4 is 0 Å². The molecule has 7 heteroatoms. The molecule has 0 saturated heterocycles. The number of esters is 1. The highest BCUT2D eigenvalue weighted by Gasteiger charge is 2.39. The topological polar surface area (TPSA) is 39.2 Å². The SMILES string of the molecule is CCOC(=O)C(C)(C)c1csc(C(F)(F)F)n1. The van der Waals surface area contributed by atoms with E-state index in [1.165, 1.54) is 19.2 Å². The van der Waals surface area contributed by atoms with Crippen LogP contribution in [0, 0.1) is 0 Å². The lowest BCUT2D eigenvalue weighted by Crippen LogP contribution is -2.31. The van der Waals surface area contributed by atoms with E-state index in [4.69, 9.17) is 4.74 Å². The van der Waals surface area contributed by atoms with Crippen molar-refractivity contribution in [3.05, 3.63) is 16.1 Å². The van der Waals surface area contributed by atoms with Crippen molar-refractivity contribution in [1.29, 1.82) is 0 Å². The minimum Gasteiger partial charge on any atom is -0.465 e. The maximum atomic E-state index is 12.4. The van der Waals surface area contributed by atoms with Crippen molar-refractivity contribution in [3.63, 3.8) is 0 Å². The van der Waals surface area contributed by atoms with Gasteiger partial charge in [0.1, 0.15) is 5.41 Å². The van der Waals surface area contributed by atoms with Crippen LogP contribution in [-0.2, 0) is 21.1 Å². The number of ether oxygens (including phenoxy) is 1. The summed E-state index contributed by atoms with van der Waals surface area (Å²) in [5, 5.41) is 0.282. The molecule has 0 atom stereocenters. The molecule has 0 N–H and O–H groups in total. The molecule has 0 saturated carbocycles. The van der Waals surface area contributed by atoms with Gasteiger partial charge in [0.15, 0.2) is 5.01 Å². The third-order valence-electron chi connectivity index (χ3n) is 2.17. The average molecular weight is 267 g/mol. The molecule has 0 unspecified atom stereocenters. The molecule has 0 fully saturated rings. The Morgan fingerprint density at radius 1 is 1.47 bits per heavy atom. The van der Waals surface area contributed by atoms with Crippen LogP contribution >= 0.6 is 11.3 Å². The number of alkyl halides is 3. The monoisotopic (exact) mass is 267 g/mol. The second-order valence-electron chi connectivity index (χ2n) is 3.88. The Balaban J connectivity index is 3.00. The molecular formula is C10H12F3NO2S. The van der Waals surface area contributed by atoms with Crippen LogP contribution in [0.15, 0.2) is 5.38 Å². The number of rotatable bonds is 3. The molecular weight excluding hydrogens is 255 g/mol. The molecule has 0 radical (unpaired) electrons. The summed E-state index contributed by atoms with van der Waals surface area (Å²) in [6.45, 7) is 4.79. The van der Waals surface area contributed by atoms with Crippen molar-refractivity contribution >= 4 is 17.3 Å². The Morgan fingerprint density at radius 2 is 2.06 bits per heavy atom. The number of carbonyl (C=O) groups is 1. The molecule has 96 valence electrons. The Morgan fingerprint density at radius 3 is 2.47 bits per heavy atom. The normalized spacial score (nSPS) is 12.6. The zero-order valence-corrected chi connectivity index (χ0v) is 10.4. The smallest absolute Gasteiger partial charge is 0.443 e. The van der Waals surface area contributed by atoms with Gasteiger partial charge in [0.05, 0.1) is 12.3 Å². The van der Waals surface area contributed by atoms with Crippen molar-refractivity contribution in [1.82, 2.24) is 4.98 Å². The molecule has 17 heavy (non-hydrogen) atoms. The summed E-state index contributed by atoms with van der Waals surface area (Å²) >= 11 is 0.475. The summed E-state index contributed by atoms with van der Waals surface area (Å²) in [5.74, 6) is -0.584. The first-order chi connectivity index (χ1) is 7.69. The molecule has 0 aliphatic carbocycles. The Kier molecular flexibility index (Phi) is 3.81. The van der Waals surface area contributed by atoms with E-state index in [2.05, 4.69) is 4.98 Å². The summed E-state index contributed by atoms with van der Waals surface area (Å²) in [7, 11) is 0. The van der Waals surface area contributed by atoms with Crippen LogP contribution in [0.25, 0.3) is 0 Å². The van der Waals surface area contributed by atoms with Crippen molar-refractivity contribution in [2.24, 2.45) is 0 Å². The van der Waals surface area contributed by atoms with Gasteiger partial charge in [-0.1, -0.05) is 0 Å². The third-order valence-corrected chi connectivity index (χ3v) is 3.06. The first kappa shape index (κ1) is 14.0. The highest BCUT2D eigenvalue weighted by atomic mass is 32.1. The van der Waals surface area contributed by atoms with Gasteiger partial charge in [0.25, 0.3) is 0 Å². The molecule has 3 nitrogen and oxygen atoms in total. The van der Waals surface area contributed by atoms with E-state index < -0.39 is 22.6 Å². The van der Waals surface area contributed by atoms with Gasteiger partial charge in [-0.3, -0.25) is 4.79 Å². The standard InChI is InChI=1S/C10H12F3NO2S/c1-4-16-8(15)9(2,3)6-5-17-7(14-6)10(11,12)13/h5H,4H2,1-3H3. The highest BCUT2D eigenvalue weighted by Crippen LogP contribution is 2.35. The van der Waals surface area contributed by atoms with Crippen LogP contribution in [-0.4, -0.2) is 17.6 Å². The first-order valence-corrected chi connectivity index (χ1v) is 5.78. The lowest BCUT2D eigenvalue weighted by Gasteiger charge is -2.19. The maximum Gasteiger partial charge on any atom is 0.443 e.